The Hall–Kier alpha value is -3.92. The first-order chi connectivity index (χ1) is 42.2. The Morgan fingerprint density at radius 2 is 1.31 bits per heavy atom. The fourth-order valence-corrected chi connectivity index (χ4v) is 23.3. The molecule has 6 aromatic heterocycles. The van der Waals surface area contributed by atoms with E-state index >= 15 is 0 Å². The molecule has 6 aromatic rings. The zero-order chi connectivity index (χ0) is 66.4. The molecule has 3 saturated carbocycles. The third kappa shape index (κ3) is 17.9. The van der Waals surface area contributed by atoms with E-state index in [0.29, 0.717) is 52.8 Å². The Balaban J connectivity index is 0.000000182. The quantitative estimate of drug-likeness (QED) is 0.0412. The minimum atomic E-state index is -3.20. The number of rotatable bonds is 15. The van der Waals surface area contributed by atoms with Crippen LogP contribution in [0.4, 0.5) is 4.79 Å². The van der Waals surface area contributed by atoms with Crippen molar-refractivity contribution in [2.24, 2.45) is 29.4 Å². The lowest BCUT2D eigenvalue weighted by Crippen LogP contribution is -2.51. The van der Waals surface area contributed by atoms with Crippen molar-refractivity contribution in [1.29, 1.82) is 0 Å². The Bertz CT molecular complexity index is 3760. The highest BCUT2D eigenvalue weighted by atomic mass is 79.9. The van der Waals surface area contributed by atoms with Crippen LogP contribution in [0.1, 0.15) is 157 Å². The van der Waals surface area contributed by atoms with Crippen molar-refractivity contribution < 1.29 is 45.7 Å². The Kier molecular flexibility index (Phi) is 25.4. The predicted molar refractivity (Wildman–Crippen MR) is 384 cm³/mol. The lowest BCUT2D eigenvalue weighted by molar-refractivity contribution is 0.0467. The van der Waals surface area contributed by atoms with Crippen molar-refractivity contribution in [2.45, 2.75) is 176 Å². The molecule has 3 fully saturated rings. The van der Waals surface area contributed by atoms with E-state index < -0.39 is 47.0 Å². The molecule has 0 atom stereocenters. The number of aromatic nitrogens is 6. The van der Waals surface area contributed by atoms with Gasteiger partial charge in [-0.3, -0.25) is 0 Å². The van der Waals surface area contributed by atoms with E-state index in [9.17, 15) is 31.7 Å². The van der Waals surface area contributed by atoms with E-state index in [1.54, 1.807) is 31.3 Å². The maximum absolute atomic E-state index is 12.2. The minimum Gasteiger partial charge on any atom is -0.531 e. The van der Waals surface area contributed by atoms with E-state index in [4.69, 9.17) is 35.4 Å². The van der Waals surface area contributed by atoms with Crippen LogP contribution in [0.3, 0.4) is 0 Å². The smallest absolute Gasteiger partial charge is 0.531 e. The number of hydrogen-bond acceptors (Lipinski definition) is 14. The number of ether oxygens (including phenoxy) is 1. The van der Waals surface area contributed by atoms with Gasteiger partial charge in [0.2, 0.25) is 9.05 Å². The molecule has 0 aromatic carbocycles. The van der Waals surface area contributed by atoms with Gasteiger partial charge in [0.05, 0.1) is 23.9 Å². The first-order valence-corrected chi connectivity index (χ1v) is 40.4. The molecule has 5 aliphatic rings. The van der Waals surface area contributed by atoms with Gasteiger partial charge >= 0.3 is 23.5 Å². The van der Waals surface area contributed by atoms with Gasteiger partial charge in [0.15, 0.2) is 18.1 Å². The molecule has 90 heavy (non-hydrogen) atoms. The molecule has 490 valence electrons. The van der Waals surface area contributed by atoms with Gasteiger partial charge in [-0.1, -0.05) is 61.5 Å². The zero-order valence-electron chi connectivity index (χ0n) is 54.0. The summed E-state index contributed by atoms with van der Waals surface area (Å²) >= 11 is 9.31. The number of sulfone groups is 1. The van der Waals surface area contributed by atoms with Crippen LogP contribution < -0.4 is 20.4 Å². The topological polar surface area (TPSA) is 267 Å². The number of pyridine rings is 3. The van der Waals surface area contributed by atoms with Gasteiger partial charge < -0.3 is 49.3 Å². The zero-order valence-corrected chi connectivity index (χ0v) is 62.1. The monoisotopic (exact) mass is 1500 g/mol. The van der Waals surface area contributed by atoms with Crippen molar-refractivity contribution in [1.82, 2.24) is 34.5 Å². The first kappa shape index (κ1) is 73.5. The van der Waals surface area contributed by atoms with E-state index in [0.717, 1.165) is 88.5 Å². The highest BCUT2D eigenvalue weighted by molar-refractivity contribution is 9.69. The van der Waals surface area contributed by atoms with Crippen LogP contribution in [0.25, 0.3) is 49.8 Å². The van der Waals surface area contributed by atoms with Crippen molar-refractivity contribution in [3.05, 3.63) is 95.7 Å². The van der Waals surface area contributed by atoms with Crippen LogP contribution in [-0.4, -0.2) is 123 Å². The molecule has 7 N–H and O–H groups in total. The fourth-order valence-electron chi connectivity index (χ4n) is 14.0. The number of nitrogens with one attached hydrogen (secondary N) is 3. The average molecular weight is 1510 g/mol. The molecule has 0 spiro atoms. The summed E-state index contributed by atoms with van der Waals surface area (Å²) in [6.07, 6.45) is 20.1. The summed E-state index contributed by atoms with van der Waals surface area (Å²) in [4.78, 5) is 32.0. The Morgan fingerprint density at radius 3 is 1.73 bits per heavy atom. The predicted octanol–water partition coefficient (Wildman–Crippen LogP) is 14.5. The minimum absolute atomic E-state index is 0.0779. The second kappa shape index (κ2) is 31.1. The van der Waals surface area contributed by atoms with Crippen LogP contribution >= 0.6 is 58.0 Å². The Labute approximate surface area is 563 Å². The van der Waals surface area contributed by atoms with Crippen molar-refractivity contribution in [3.63, 3.8) is 0 Å². The number of carbonyl (C=O) groups is 1. The molecule has 0 unspecified atom stereocenters. The number of halogens is 4. The maximum atomic E-state index is 12.2. The van der Waals surface area contributed by atoms with Crippen molar-refractivity contribution >= 4 is 158 Å². The van der Waals surface area contributed by atoms with E-state index in [-0.39, 0.29) is 50.5 Å². The summed E-state index contributed by atoms with van der Waals surface area (Å²) < 4.78 is 63.3. The van der Waals surface area contributed by atoms with Gasteiger partial charge in [0.1, 0.15) is 34.0 Å². The van der Waals surface area contributed by atoms with E-state index in [2.05, 4.69) is 157 Å². The highest BCUT2D eigenvalue weighted by Crippen LogP contribution is 2.50. The summed E-state index contributed by atoms with van der Waals surface area (Å²) in [5.41, 5.74) is 18.1. The number of amides is 1. The van der Waals surface area contributed by atoms with Crippen LogP contribution in [0, 0.1) is 30.6 Å². The number of fused-ring (bicyclic) bond motifs is 7. The molecule has 11 rings (SSSR count). The average Bonchev–Trinajstić information content (AvgIpc) is 1.46. The Morgan fingerprint density at radius 1 is 0.822 bits per heavy atom. The van der Waals surface area contributed by atoms with Gasteiger partial charge in [-0.25, -0.2) is 36.6 Å². The lowest BCUT2D eigenvalue weighted by atomic mass is 9.66. The lowest BCUT2D eigenvalue weighted by Gasteiger charge is -2.44. The summed E-state index contributed by atoms with van der Waals surface area (Å²) in [6.45, 7) is 28.1. The summed E-state index contributed by atoms with van der Waals surface area (Å²) in [6, 6.07) is 6.69. The number of hydrogen-bond donors (Lipinski definition) is 6. The van der Waals surface area contributed by atoms with Crippen LogP contribution in [0.2, 0.25) is 16.6 Å². The number of alkyl carbamates (subject to hydrolysis) is 1. The van der Waals surface area contributed by atoms with Gasteiger partial charge in [0, 0.05) is 74.4 Å². The molecule has 3 aliphatic carbocycles. The molecule has 0 radical (unpaired) electrons. The SMILES string of the molecule is BrB(Br)Br.C/C=C(\c1c(C)cnc2c1ccn2[Si](C(C)C)(C(C)C)C(C)C)C1CC(NC(=O)OC(C)(C)C)C1.CCCS(=O)(=O)CC1CC(C2=CB(O)Oc3cnc4[nH]ccc4c32)C1.CCCS(=O)(=O)Cl.NC1CC(C2=CB(O)Oc3cnc4[nH]ccc4c32)C1. The molecular formula is C62H89B3Br3ClN8O10S2Si. The van der Waals surface area contributed by atoms with Crippen molar-refractivity contribution in [3.8, 4) is 11.5 Å². The van der Waals surface area contributed by atoms with Crippen LogP contribution in [-0.2, 0) is 23.6 Å². The molecule has 0 bridgehead atoms. The first-order valence-electron chi connectivity index (χ1n) is 31.2. The molecule has 2 aliphatic heterocycles. The number of aryl methyl sites for hydroxylation is 1. The number of nitrogens with two attached hydrogens (primary N) is 1. The molecule has 28 heteroatoms. The van der Waals surface area contributed by atoms with Gasteiger partial charge in [-0.05, 0) is 190 Å². The largest absolute Gasteiger partial charge is 0.552 e. The normalized spacial score (nSPS) is 20.6. The van der Waals surface area contributed by atoms with E-state index in [1.807, 2.05) is 52.2 Å². The maximum Gasteiger partial charge on any atom is 0.552 e. The summed E-state index contributed by atoms with van der Waals surface area (Å²) in [5, 5.41) is 26.1. The van der Waals surface area contributed by atoms with Gasteiger partial charge in [-0.2, -0.15) is 0 Å². The second-order valence-corrected chi connectivity index (χ2v) is 43.4. The van der Waals surface area contributed by atoms with Crippen LogP contribution in [0.5, 0.6) is 11.5 Å². The number of aromatic amines is 2. The van der Waals surface area contributed by atoms with Gasteiger partial charge in [-0.15, -0.1) is 47.3 Å². The third-order valence-electron chi connectivity index (χ3n) is 17.6. The standard InChI is InChI=1S/C29H47N3O2Si.C17H21BN2O4S.C13H14BN3O2.C3H7ClO2S.BBr3/c1-12-24(22-15-23(16-22)31-28(33)34-29(9,10)11)26-21(8)17-30-27-25(26)13-14-32(27)35(18(2)3,19(4)5)20(6)7;1-2-5-25(22,23)10-11-6-12(7-11)14-8-18(21)24-15-9-20-17-13(16(14)15)3-4-19-17;15-8-3-7(4-8)10-5-14(18)19-11-6-17-13-9(12(10)11)1-2-16-13;1-2-3-7(4,5)6;2-1(3)4/h12-14,17-20,22-23H,15-16H2,1-11H3,(H,31,33);3-4,8-9,11-12,21H,2,5-7,10H2,1H3,(H,19,20);1-2,5-8,18H,3-4,15H2,(H,16,17);2-3H2,1H3;/b24-12-;;;;. The molecule has 1 amide bonds. The third-order valence-corrected chi connectivity index (χ3v) is 27.7. The van der Waals surface area contributed by atoms with E-state index in [1.165, 1.54) is 22.1 Å². The number of H-pyrrole nitrogens is 2. The van der Waals surface area contributed by atoms with Crippen molar-refractivity contribution in [2.75, 3.05) is 17.3 Å². The molecular weight excluding hydrogens is 1420 g/mol. The summed E-state index contributed by atoms with van der Waals surface area (Å²) in [5.74, 6) is 6.68. The molecule has 18 nitrogen and oxygen atoms in total. The number of allylic oxidation sites excluding steroid dienone is 4. The number of carbonyl (C=O) groups excluding carboxylic acids is 1. The molecule has 8 heterocycles. The highest BCUT2D eigenvalue weighted by Gasteiger charge is 2.47. The number of nitrogens with zero attached hydrogens (tertiary/aromatic N) is 4. The van der Waals surface area contributed by atoms with Gasteiger partial charge in [0.25, 0.3) is 0 Å². The molecule has 0 saturated heterocycles. The van der Waals surface area contributed by atoms with Crippen LogP contribution in [0.15, 0.2) is 73.4 Å². The second-order valence-electron chi connectivity index (χ2n) is 26.1. The fraction of sp³-hybridized carbons (Fsp3) is 0.548. The summed E-state index contributed by atoms with van der Waals surface area (Å²) in [7, 11) is -5.12.